The number of hydrogen-bond donors (Lipinski definition) is 0. The van der Waals surface area contributed by atoms with E-state index in [4.69, 9.17) is 0 Å². The molecule has 0 aromatic heterocycles. The van der Waals surface area contributed by atoms with Gasteiger partial charge in [-0.1, -0.05) is 30.8 Å². The average Bonchev–Trinajstić information content (AvgIpc) is 1.66. The molecule has 0 aliphatic rings. The summed E-state index contributed by atoms with van der Waals surface area (Å²) in [4.78, 5) is 0. The van der Waals surface area contributed by atoms with Crippen LogP contribution in [0, 0.1) is 0 Å². The van der Waals surface area contributed by atoms with Gasteiger partial charge in [-0.2, -0.15) is 0 Å². The van der Waals surface area contributed by atoms with Crippen molar-refractivity contribution in [3.05, 3.63) is 0 Å². The molecule has 0 N–H and O–H groups in total. The molecule has 0 fully saturated rings. The second-order valence-electron chi connectivity index (χ2n) is 1.71. The van der Waals surface area contributed by atoms with Crippen LogP contribution in [0.5, 0.6) is 0 Å². The summed E-state index contributed by atoms with van der Waals surface area (Å²) >= 11 is -1.82. The van der Waals surface area contributed by atoms with Crippen molar-refractivity contribution in [1.82, 2.24) is 0 Å². The molecule has 0 rings (SSSR count). The van der Waals surface area contributed by atoms with Crippen LogP contribution in [0.15, 0.2) is 0 Å². The molecular formula is C5H11O2SY-. The first-order valence-corrected chi connectivity index (χ1v) is 4.07. The van der Waals surface area contributed by atoms with Gasteiger partial charge in [0.2, 0.25) is 0 Å². The molecule has 1 unspecified atom stereocenters. The van der Waals surface area contributed by atoms with Crippen molar-refractivity contribution in [3.8, 4) is 0 Å². The summed E-state index contributed by atoms with van der Waals surface area (Å²) in [6.45, 7) is 2.05. The molecule has 0 heterocycles. The molecular weight excluding hydrogens is 213 g/mol. The Kier molecular flexibility index (Phi) is 13.2. The van der Waals surface area contributed by atoms with E-state index >= 15 is 0 Å². The van der Waals surface area contributed by atoms with E-state index in [1.807, 2.05) is 6.92 Å². The largest absolute Gasteiger partial charge is 0.772 e. The number of rotatable bonds is 4. The SMILES string of the molecule is CCCCCS(=O)[O-].[Y]. The van der Waals surface area contributed by atoms with Crippen molar-refractivity contribution in [2.75, 3.05) is 5.75 Å². The number of hydrogen-bond acceptors (Lipinski definition) is 2. The van der Waals surface area contributed by atoms with Crippen molar-refractivity contribution in [2.45, 2.75) is 26.2 Å². The molecule has 1 atom stereocenters. The van der Waals surface area contributed by atoms with E-state index in [2.05, 4.69) is 0 Å². The van der Waals surface area contributed by atoms with E-state index < -0.39 is 11.1 Å². The monoisotopic (exact) mass is 224 g/mol. The minimum Gasteiger partial charge on any atom is -0.772 e. The Balaban J connectivity index is 0. The predicted molar refractivity (Wildman–Crippen MR) is 33.3 cm³/mol. The van der Waals surface area contributed by atoms with Gasteiger partial charge in [0.05, 0.1) is 0 Å². The van der Waals surface area contributed by atoms with Gasteiger partial charge in [-0.3, -0.25) is 4.21 Å². The fourth-order valence-corrected chi connectivity index (χ4v) is 0.910. The maximum absolute atomic E-state index is 9.87. The van der Waals surface area contributed by atoms with E-state index in [0.717, 1.165) is 19.3 Å². The van der Waals surface area contributed by atoms with Gasteiger partial charge in [0, 0.05) is 38.5 Å². The van der Waals surface area contributed by atoms with Crippen molar-refractivity contribution < 1.29 is 41.5 Å². The van der Waals surface area contributed by atoms with Crippen molar-refractivity contribution in [1.29, 1.82) is 0 Å². The molecule has 0 saturated heterocycles. The Morgan fingerprint density at radius 1 is 1.44 bits per heavy atom. The van der Waals surface area contributed by atoms with Crippen LogP contribution in [0.3, 0.4) is 0 Å². The van der Waals surface area contributed by atoms with E-state index in [1.165, 1.54) is 0 Å². The summed E-state index contributed by atoms with van der Waals surface area (Å²) in [5, 5.41) is 0. The number of unbranched alkanes of at least 4 members (excludes halogenated alkanes) is 2. The van der Waals surface area contributed by atoms with Crippen LogP contribution < -0.4 is 0 Å². The first-order valence-electron chi connectivity index (χ1n) is 2.83. The molecule has 9 heavy (non-hydrogen) atoms. The fourth-order valence-electron chi connectivity index (χ4n) is 0.470. The van der Waals surface area contributed by atoms with E-state index in [0.29, 0.717) is 5.75 Å². The summed E-state index contributed by atoms with van der Waals surface area (Å²) < 4.78 is 19.7. The molecule has 53 valence electrons. The summed E-state index contributed by atoms with van der Waals surface area (Å²) in [5.74, 6) is 0.327. The zero-order valence-corrected chi connectivity index (χ0v) is 9.29. The summed E-state index contributed by atoms with van der Waals surface area (Å²) in [6.07, 6.45) is 2.91. The van der Waals surface area contributed by atoms with Crippen LogP contribution in [-0.4, -0.2) is 14.5 Å². The molecule has 2 nitrogen and oxygen atoms in total. The van der Waals surface area contributed by atoms with Crippen LogP contribution in [-0.2, 0) is 43.8 Å². The minimum atomic E-state index is -1.82. The Labute approximate surface area is 84.0 Å². The average molecular weight is 224 g/mol. The Bertz CT molecular complexity index is 77.4. The van der Waals surface area contributed by atoms with Gasteiger partial charge in [-0.05, 0) is 6.42 Å². The molecule has 0 aromatic rings. The molecule has 0 aliphatic carbocycles. The summed E-state index contributed by atoms with van der Waals surface area (Å²) in [5.41, 5.74) is 0. The Morgan fingerprint density at radius 3 is 2.33 bits per heavy atom. The first kappa shape index (κ1) is 12.9. The normalized spacial score (nSPS) is 12.2. The second-order valence-corrected chi connectivity index (χ2v) is 2.73. The van der Waals surface area contributed by atoms with Gasteiger partial charge in [-0.25, -0.2) is 0 Å². The van der Waals surface area contributed by atoms with Gasteiger partial charge in [-0.15, -0.1) is 0 Å². The molecule has 0 amide bonds. The topological polar surface area (TPSA) is 40.1 Å². The van der Waals surface area contributed by atoms with E-state index in [-0.39, 0.29) is 32.7 Å². The van der Waals surface area contributed by atoms with Gasteiger partial charge < -0.3 is 4.55 Å². The zero-order valence-electron chi connectivity index (χ0n) is 5.63. The Morgan fingerprint density at radius 2 is 2.00 bits per heavy atom. The summed E-state index contributed by atoms with van der Waals surface area (Å²) in [7, 11) is 0. The molecule has 1 radical (unpaired) electrons. The van der Waals surface area contributed by atoms with Crippen molar-refractivity contribution >= 4 is 11.1 Å². The van der Waals surface area contributed by atoms with E-state index in [1.54, 1.807) is 0 Å². The molecule has 0 bridgehead atoms. The maximum Gasteiger partial charge on any atom is 0.0102 e. The van der Waals surface area contributed by atoms with Crippen molar-refractivity contribution in [2.24, 2.45) is 0 Å². The first-order chi connectivity index (χ1) is 3.77. The molecule has 0 aliphatic heterocycles. The third-order valence-electron chi connectivity index (χ3n) is 0.915. The minimum absolute atomic E-state index is 0. The fraction of sp³-hybridized carbons (Fsp3) is 1.00. The van der Waals surface area contributed by atoms with Crippen LogP contribution >= 0.6 is 0 Å². The molecule has 0 spiro atoms. The van der Waals surface area contributed by atoms with Gasteiger partial charge in [0.15, 0.2) is 0 Å². The van der Waals surface area contributed by atoms with Gasteiger partial charge in [0.1, 0.15) is 0 Å². The van der Waals surface area contributed by atoms with Crippen molar-refractivity contribution in [3.63, 3.8) is 0 Å². The van der Waals surface area contributed by atoms with Crippen LogP contribution in [0.25, 0.3) is 0 Å². The van der Waals surface area contributed by atoms with E-state index in [9.17, 15) is 8.76 Å². The summed E-state index contributed by atoms with van der Waals surface area (Å²) in [6, 6.07) is 0. The van der Waals surface area contributed by atoms with Gasteiger partial charge >= 0.3 is 0 Å². The smallest absolute Gasteiger partial charge is 0.0102 e. The standard InChI is InChI=1S/C5H12O2S.Y/c1-2-3-4-5-8(6)7;/h2-5H2,1H3,(H,6,7);/p-1. The molecule has 0 saturated carbocycles. The zero-order chi connectivity index (χ0) is 6.41. The third kappa shape index (κ3) is 12.4. The quantitative estimate of drug-likeness (QED) is 0.529. The van der Waals surface area contributed by atoms with Gasteiger partial charge in [0.25, 0.3) is 0 Å². The second kappa shape index (κ2) is 9.21. The third-order valence-corrected chi connectivity index (χ3v) is 1.54. The Hall–Kier alpha value is 1.21. The van der Waals surface area contributed by atoms with Crippen LogP contribution in [0.1, 0.15) is 26.2 Å². The van der Waals surface area contributed by atoms with Crippen LogP contribution in [0.4, 0.5) is 0 Å². The van der Waals surface area contributed by atoms with Crippen LogP contribution in [0.2, 0.25) is 0 Å². The molecule has 4 heteroatoms. The molecule has 0 aromatic carbocycles. The predicted octanol–water partition coefficient (Wildman–Crippen LogP) is 1.05. The maximum atomic E-state index is 9.87.